The minimum atomic E-state index is -0.978. The van der Waals surface area contributed by atoms with Gasteiger partial charge in [0.15, 0.2) is 0 Å². The zero-order valence-corrected chi connectivity index (χ0v) is 10.7. The maximum atomic E-state index is 11.1. The number of nitrogens with zero attached hydrogens (tertiary/aromatic N) is 2. The van der Waals surface area contributed by atoms with E-state index >= 15 is 0 Å². The monoisotopic (exact) mass is 264 g/mol. The van der Waals surface area contributed by atoms with E-state index in [1.54, 1.807) is 24.0 Å². The summed E-state index contributed by atoms with van der Waals surface area (Å²) in [6.07, 6.45) is 1.61. The molecule has 0 bridgehead atoms. The van der Waals surface area contributed by atoms with Gasteiger partial charge < -0.3 is 10.0 Å². The number of carbonyl (C=O) groups is 1. The Kier molecular flexibility index (Phi) is 3.69. The van der Waals surface area contributed by atoms with Gasteiger partial charge >= 0.3 is 5.97 Å². The topological polar surface area (TPSA) is 83.7 Å². The third-order valence-corrected chi connectivity index (χ3v) is 3.49. The quantitative estimate of drug-likeness (QED) is 0.668. The van der Waals surface area contributed by atoms with Gasteiger partial charge in [0.05, 0.1) is 5.56 Å². The smallest absolute Gasteiger partial charge is 0.335 e. The van der Waals surface area contributed by atoms with Gasteiger partial charge in [-0.3, -0.25) is 10.1 Å². The standard InChI is InChI=1S/C13H16N2O4/c1-9-8-10(5-6-11(9)13(16)17)14-7-3-2-4-12(14)15(18)19/h5-6,8,12H,2-4,7H2,1H3,(H,16,17). The molecule has 1 heterocycles. The summed E-state index contributed by atoms with van der Waals surface area (Å²) in [5.74, 6) is -0.978. The zero-order valence-electron chi connectivity index (χ0n) is 10.7. The van der Waals surface area contributed by atoms with Crippen LogP contribution in [0.25, 0.3) is 0 Å². The highest BCUT2D eigenvalue weighted by Gasteiger charge is 2.31. The van der Waals surface area contributed by atoms with Gasteiger partial charge in [-0.05, 0) is 43.5 Å². The van der Waals surface area contributed by atoms with Crippen LogP contribution in [0, 0.1) is 17.0 Å². The van der Waals surface area contributed by atoms with Crippen molar-refractivity contribution in [1.82, 2.24) is 0 Å². The second-order valence-corrected chi connectivity index (χ2v) is 4.76. The summed E-state index contributed by atoms with van der Waals surface area (Å²) in [7, 11) is 0. The first-order valence-electron chi connectivity index (χ1n) is 6.25. The lowest BCUT2D eigenvalue weighted by Gasteiger charge is -2.31. The van der Waals surface area contributed by atoms with E-state index < -0.39 is 12.1 Å². The Morgan fingerprint density at radius 1 is 1.47 bits per heavy atom. The molecular formula is C13H16N2O4. The molecule has 0 saturated carbocycles. The normalized spacial score (nSPS) is 19.2. The third kappa shape index (κ3) is 2.67. The Balaban J connectivity index is 2.32. The van der Waals surface area contributed by atoms with Gasteiger partial charge in [-0.2, -0.15) is 0 Å². The predicted molar refractivity (Wildman–Crippen MR) is 70.1 cm³/mol. The van der Waals surface area contributed by atoms with E-state index in [1.165, 1.54) is 6.07 Å². The van der Waals surface area contributed by atoms with Gasteiger partial charge in [0.1, 0.15) is 0 Å². The molecule has 6 heteroatoms. The highest BCUT2D eigenvalue weighted by molar-refractivity contribution is 5.89. The number of rotatable bonds is 3. The minimum Gasteiger partial charge on any atom is -0.478 e. The first kappa shape index (κ1) is 13.3. The highest BCUT2D eigenvalue weighted by Crippen LogP contribution is 2.27. The first-order valence-corrected chi connectivity index (χ1v) is 6.25. The van der Waals surface area contributed by atoms with Crippen molar-refractivity contribution in [2.75, 3.05) is 11.4 Å². The second kappa shape index (κ2) is 5.26. The van der Waals surface area contributed by atoms with Gasteiger partial charge in [-0.1, -0.05) is 0 Å². The lowest BCUT2D eigenvalue weighted by Crippen LogP contribution is -2.44. The number of carboxylic acid groups (broad SMARTS) is 1. The molecule has 0 amide bonds. The Morgan fingerprint density at radius 2 is 2.21 bits per heavy atom. The highest BCUT2D eigenvalue weighted by atomic mass is 16.6. The summed E-state index contributed by atoms with van der Waals surface area (Å²) < 4.78 is 0. The van der Waals surface area contributed by atoms with Crippen LogP contribution in [0.4, 0.5) is 5.69 Å². The SMILES string of the molecule is Cc1cc(N2CCCCC2[N+](=O)[O-])ccc1C(=O)O. The molecule has 1 fully saturated rings. The molecule has 1 aliphatic rings. The van der Waals surface area contributed by atoms with E-state index in [-0.39, 0.29) is 10.5 Å². The number of hydrogen-bond donors (Lipinski definition) is 1. The molecule has 1 aromatic rings. The van der Waals surface area contributed by atoms with Crippen LogP contribution in [0.5, 0.6) is 0 Å². The Labute approximate surface area is 110 Å². The summed E-state index contributed by atoms with van der Waals surface area (Å²) in [5, 5.41) is 20.1. The average molecular weight is 264 g/mol. The second-order valence-electron chi connectivity index (χ2n) is 4.76. The first-order chi connectivity index (χ1) is 9.00. The Bertz CT molecular complexity index is 515. The molecule has 1 aliphatic heterocycles. The lowest BCUT2D eigenvalue weighted by molar-refractivity contribution is -0.524. The number of carboxylic acids is 1. The molecule has 2 rings (SSSR count). The van der Waals surface area contributed by atoms with Crippen molar-refractivity contribution in [3.63, 3.8) is 0 Å². The summed E-state index contributed by atoms with van der Waals surface area (Å²) in [5.41, 5.74) is 1.58. The van der Waals surface area contributed by atoms with Gasteiger partial charge in [-0.25, -0.2) is 4.79 Å². The van der Waals surface area contributed by atoms with Crippen molar-refractivity contribution in [1.29, 1.82) is 0 Å². The average Bonchev–Trinajstić information content (AvgIpc) is 2.38. The van der Waals surface area contributed by atoms with E-state index in [4.69, 9.17) is 5.11 Å². The molecule has 1 N–H and O–H groups in total. The largest absolute Gasteiger partial charge is 0.478 e. The fourth-order valence-corrected chi connectivity index (χ4v) is 2.50. The van der Waals surface area contributed by atoms with E-state index in [9.17, 15) is 14.9 Å². The lowest BCUT2D eigenvalue weighted by atomic mass is 10.0. The minimum absolute atomic E-state index is 0.235. The van der Waals surface area contributed by atoms with Crippen LogP contribution in [0.15, 0.2) is 18.2 Å². The Hall–Kier alpha value is -2.11. The fourth-order valence-electron chi connectivity index (χ4n) is 2.50. The molecule has 1 saturated heterocycles. The fraction of sp³-hybridized carbons (Fsp3) is 0.462. The molecule has 19 heavy (non-hydrogen) atoms. The molecule has 0 radical (unpaired) electrons. The van der Waals surface area contributed by atoms with Crippen molar-refractivity contribution in [3.05, 3.63) is 39.4 Å². The summed E-state index contributed by atoms with van der Waals surface area (Å²) in [4.78, 5) is 23.5. The van der Waals surface area contributed by atoms with Gasteiger partial charge in [0.2, 0.25) is 0 Å². The number of piperidine rings is 1. The van der Waals surface area contributed by atoms with Crippen molar-refractivity contribution < 1.29 is 14.8 Å². The maximum Gasteiger partial charge on any atom is 0.335 e. The zero-order chi connectivity index (χ0) is 14.0. The van der Waals surface area contributed by atoms with Gasteiger partial charge in [0, 0.05) is 23.6 Å². The molecule has 1 atom stereocenters. The molecule has 0 aromatic heterocycles. The molecule has 102 valence electrons. The van der Waals surface area contributed by atoms with Crippen LogP contribution in [-0.2, 0) is 0 Å². The van der Waals surface area contributed by atoms with Crippen molar-refractivity contribution in [2.24, 2.45) is 0 Å². The summed E-state index contributed by atoms with van der Waals surface area (Å²) in [6.45, 7) is 2.34. The number of aryl methyl sites for hydroxylation is 1. The molecule has 6 nitrogen and oxygen atoms in total. The van der Waals surface area contributed by atoms with Crippen LogP contribution in [0.1, 0.15) is 35.2 Å². The maximum absolute atomic E-state index is 11.1. The van der Waals surface area contributed by atoms with E-state index in [2.05, 4.69) is 0 Å². The number of nitro groups is 1. The van der Waals surface area contributed by atoms with E-state index in [0.717, 1.165) is 18.5 Å². The van der Waals surface area contributed by atoms with E-state index in [1.807, 2.05) is 0 Å². The van der Waals surface area contributed by atoms with Gasteiger partial charge in [-0.15, -0.1) is 0 Å². The number of benzene rings is 1. The van der Waals surface area contributed by atoms with E-state index in [0.29, 0.717) is 18.5 Å². The Morgan fingerprint density at radius 3 is 2.79 bits per heavy atom. The molecule has 1 aromatic carbocycles. The van der Waals surface area contributed by atoms with Crippen LogP contribution in [0.3, 0.4) is 0 Å². The molecular weight excluding hydrogens is 248 g/mol. The molecule has 0 aliphatic carbocycles. The van der Waals surface area contributed by atoms with Crippen LogP contribution in [-0.4, -0.2) is 28.7 Å². The van der Waals surface area contributed by atoms with Crippen molar-refractivity contribution in [3.8, 4) is 0 Å². The van der Waals surface area contributed by atoms with Gasteiger partial charge in [0.25, 0.3) is 6.17 Å². The number of hydrogen-bond acceptors (Lipinski definition) is 4. The summed E-state index contributed by atoms with van der Waals surface area (Å²) >= 11 is 0. The molecule has 0 spiro atoms. The van der Waals surface area contributed by atoms with Crippen LogP contribution < -0.4 is 4.90 Å². The number of anilines is 1. The van der Waals surface area contributed by atoms with Crippen LogP contribution in [0.2, 0.25) is 0 Å². The third-order valence-electron chi connectivity index (χ3n) is 3.49. The predicted octanol–water partition coefficient (Wildman–Crippen LogP) is 2.29. The van der Waals surface area contributed by atoms with Crippen LogP contribution >= 0.6 is 0 Å². The molecule has 1 unspecified atom stereocenters. The summed E-state index contributed by atoms with van der Waals surface area (Å²) in [6, 6.07) is 4.88. The van der Waals surface area contributed by atoms with Crippen molar-refractivity contribution in [2.45, 2.75) is 32.4 Å². The van der Waals surface area contributed by atoms with Crippen molar-refractivity contribution >= 4 is 11.7 Å². The number of aromatic carboxylic acids is 1.